The summed E-state index contributed by atoms with van der Waals surface area (Å²) < 4.78 is 3.00. The number of H-pyrrole nitrogens is 1. The Kier molecular flexibility index (Phi) is 5.24. The van der Waals surface area contributed by atoms with Gasteiger partial charge in [-0.15, -0.1) is 0 Å². The van der Waals surface area contributed by atoms with Crippen LogP contribution in [0.4, 0.5) is 5.95 Å². The van der Waals surface area contributed by atoms with Crippen molar-refractivity contribution in [2.75, 3.05) is 5.43 Å². The molecule has 0 aliphatic heterocycles. The molecule has 2 heterocycles. The summed E-state index contributed by atoms with van der Waals surface area (Å²) in [6.45, 7) is 2.38. The van der Waals surface area contributed by atoms with Gasteiger partial charge < -0.3 is 0 Å². The van der Waals surface area contributed by atoms with Crippen LogP contribution in [0, 0.1) is 6.92 Å². The van der Waals surface area contributed by atoms with Gasteiger partial charge in [0, 0.05) is 17.6 Å². The molecule has 4 rings (SSSR count). The van der Waals surface area contributed by atoms with E-state index < -0.39 is 11.2 Å². The normalized spacial score (nSPS) is 11.4. The van der Waals surface area contributed by atoms with Crippen molar-refractivity contribution in [1.29, 1.82) is 0 Å². The predicted molar refractivity (Wildman–Crippen MR) is 119 cm³/mol. The first-order chi connectivity index (χ1) is 14.4. The lowest BCUT2D eigenvalue weighted by Gasteiger charge is -2.09. The molecule has 0 saturated carbocycles. The minimum atomic E-state index is -0.529. The number of aromatic amines is 1. The average molecular weight is 423 g/mol. The number of rotatable bonds is 5. The minimum absolute atomic E-state index is 0.270. The van der Waals surface area contributed by atoms with Crippen LogP contribution in [-0.4, -0.2) is 25.3 Å². The Labute approximate surface area is 176 Å². The lowest BCUT2D eigenvalue weighted by atomic mass is 10.1. The van der Waals surface area contributed by atoms with Crippen LogP contribution >= 0.6 is 11.6 Å². The van der Waals surface area contributed by atoms with Crippen molar-refractivity contribution in [3.05, 3.63) is 91.1 Å². The maximum Gasteiger partial charge on any atom is 0.329 e. The molecule has 4 aromatic rings. The molecule has 0 saturated heterocycles. The van der Waals surface area contributed by atoms with Crippen LogP contribution in [0.25, 0.3) is 11.2 Å². The summed E-state index contributed by atoms with van der Waals surface area (Å²) in [6.07, 6.45) is 1.57. The first-order valence-electron chi connectivity index (χ1n) is 9.23. The zero-order valence-electron chi connectivity index (χ0n) is 16.4. The van der Waals surface area contributed by atoms with Crippen molar-refractivity contribution >= 4 is 34.9 Å². The van der Waals surface area contributed by atoms with E-state index in [9.17, 15) is 9.59 Å². The Morgan fingerprint density at radius 1 is 1.20 bits per heavy atom. The van der Waals surface area contributed by atoms with Gasteiger partial charge in [0.05, 0.1) is 12.8 Å². The van der Waals surface area contributed by atoms with Crippen LogP contribution in [0.3, 0.4) is 0 Å². The van der Waals surface area contributed by atoms with E-state index in [-0.39, 0.29) is 11.2 Å². The van der Waals surface area contributed by atoms with Crippen molar-refractivity contribution < 1.29 is 0 Å². The molecule has 0 radical (unpaired) electrons. The van der Waals surface area contributed by atoms with Crippen molar-refractivity contribution in [1.82, 2.24) is 19.1 Å². The van der Waals surface area contributed by atoms with Gasteiger partial charge in [-0.1, -0.05) is 59.6 Å². The smallest absolute Gasteiger partial charge is 0.298 e. The molecule has 0 spiro atoms. The molecule has 2 aromatic carbocycles. The van der Waals surface area contributed by atoms with Gasteiger partial charge >= 0.3 is 5.69 Å². The highest BCUT2D eigenvalue weighted by Crippen LogP contribution is 2.19. The summed E-state index contributed by atoms with van der Waals surface area (Å²) in [4.78, 5) is 31.4. The lowest BCUT2D eigenvalue weighted by molar-refractivity contribution is 0.808. The highest BCUT2D eigenvalue weighted by atomic mass is 35.5. The molecule has 0 aliphatic rings. The number of hydrogen-bond acceptors (Lipinski definition) is 5. The largest absolute Gasteiger partial charge is 0.329 e. The van der Waals surface area contributed by atoms with Crippen LogP contribution in [0.1, 0.15) is 16.7 Å². The molecule has 2 N–H and O–H groups in total. The van der Waals surface area contributed by atoms with E-state index in [0.717, 1.165) is 16.7 Å². The first kappa shape index (κ1) is 19.7. The third-order valence-electron chi connectivity index (χ3n) is 4.70. The summed E-state index contributed by atoms with van der Waals surface area (Å²) in [5.41, 5.74) is 5.23. The molecule has 9 heteroatoms. The van der Waals surface area contributed by atoms with E-state index in [1.54, 1.807) is 23.9 Å². The number of nitrogens with one attached hydrogen (secondary N) is 2. The molecule has 0 unspecified atom stereocenters. The molecule has 0 fully saturated rings. The fourth-order valence-electron chi connectivity index (χ4n) is 3.21. The van der Waals surface area contributed by atoms with E-state index in [0.29, 0.717) is 17.5 Å². The van der Waals surface area contributed by atoms with Crippen molar-refractivity contribution in [2.45, 2.75) is 13.5 Å². The zero-order chi connectivity index (χ0) is 21.3. The lowest BCUT2D eigenvalue weighted by Crippen LogP contribution is -2.29. The molecule has 30 heavy (non-hydrogen) atoms. The number of anilines is 1. The van der Waals surface area contributed by atoms with Crippen LogP contribution in [0.15, 0.2) is 63.2 Å². The second-order valence-electron chi connectivity index (χ2n) is 6.89. The Morgan fingerprint density at radius 2 is 2.00 bits per heavy atom. The molecular formula is C21H19ClN6O2. The van der Waals surface area contributed by atoms with Gasteiger partial charge in [0.25, 0.3) is 5.56 Å². The molecule has 0 bridgehead atoms. The molecule has 0 amide bonds. The molecule has 0 atom stereocenters. The van der Waals surface area contributed by atoms with E-state index in [1.165, 1.54) is 4.57 Å². The van der Waals surface area contributed by atoms with Crippen LogP contribution < -0.4 is 16.7 Å². The van der Waals surface area contributed by atoms with Gasteiger partial charge in [-0.2, -0.15) is 10.1 Å². The van der Waals surface area contributed by atoms with Crippen LogP contribution in [-0.2, 0) is 13.6 Å². The second kappa shape index (κ2) is 8.00. The second-order valence-corrected chi connectivity index (χ2v) is 7.30. The Bertz CT molecular complexity index is 1380. The van der Waals surface area contributed by atoms with Crippen LogP contribution in [0.5, 0.6) is 0 Å². The van der Waals surface area contributed by atoms with Gasteiger partial charge in [-0.25, -0.2) is 10.2 Å². The summed E-state index contributed by atoms with van der Waals surface area (Å²) in [5, 5.41) is 4.79. The highest BCUT2D eigenvalue weighted by molar-refractivity contribution is 6.33. The number of benzene rings is 2. The number of imidazole rings is 1. The Hall–Kier alpha value is -3.65. The standard InChI is InChI=1S/C21H19ClN6O2/c1-13-6-5-7-14(10-13)12-28-17-18(27(2)21(30)25-19(17)29)24-20(28)26-23-11-15-8-3-4-9-16(15)22/h3-11H,12H2,1-2H3,(H,24,26)(H,25,29,30)/b23-11-. The number of aryl methyl sites for hydroxylation is 2. The molecular weight excluding hydrogens is 404 g/mol. The number of nitrogens with zero attached hydrogens (tertiary/aromatic N) is 4. The van der Waals surface area contributed by atoms with Gasteiger partial charge in [0.1, 0.15) is 0 Å². The maximum absolute atomic E-state index is 12.6. The fourth-order valence-corrected chi connectivity index (χ4v) is 3.39. The number of hydrogen-bond donors (Lipinski definition) is 2. The van der Waals surface area contributed by atoms with E-state index in [2.05, 4.69) is 20.5 Å². The van der Waals surface area contributed by atoms with E-state index in [1.807, 2.05) is 49.4 Å². The minimum Gasteiger partial charge on any atom is -0.298 e. The number of hydrazone groups is 1. The van der Waals surface area contributed by atoms with Gasteiger partial charge in [-0.05, 0) is 18.6 Å². The van der Waals surface area contributed by atoms with E-state index >= 15 is 0 Å². The summed E-state index contributed by atoms with van der Waals surface area (Å²) in [6, 6.07) is 15.2. The summed E-state index contributed by atoms with van der Waals surface area (Å²) in [5.74, 6) is 0.335. The number of halogens is 1. The van der Waals surface area contributed by atoms with Gasteiger partial charge in [-0.3, -0.25) is 18.9 Å². The summed E-state index contributed by atoms with van der Waals surface area (Å²) in [7, 11) is 1.56. The SMILES string of the molecule is Cc1cccc(Cn2c(N/N=C\c3ccccc3Cl)nc3c2c(=O)[nH]c(=O)n3C)c1. The Balaban J connectivity index is 1.80. The number of fused-ring (bicyclic) bond motifs is 1. The van der Waals surface area contributed by atoms with Gasteiger partial charge in [0.15, 0.2) is 11.2 Å². The molecule has 152 valence electrons. The zero-order valence-corrected chi connectivity index (χ0v) is 17.1. The van der Waals surface area contributed by atoms with Gasteiger partial charge in [0.2, 0.25) is 5.95 Å². The van der Waals surface area contributed by atoms with Crippen LogP contribution in [0.2, 0.25) is 5.02 Å². The first-order valence-corrected chi connectivity index (χ1v) is 9.60. The van der Waals surface area contributed by atoms with Crippen molar-refractivity contribution in [2.24, 2.45) is 12.1 Å². The van der Waals surface area contributed by atoms with E-state index in [4.69, 9.17) is 11.6 Å². The predicted octanol–water partition coefficient (Wildman–Crippen LogP) is 2.88. The molecule has 8 nitrogen and oxygen atoms in total. The number of aromatic nitrogens is 4. The highest BCUT2D eigenvalue weighted by Gasteiger charge is 2.17. The summed E-state index contributed by atoms with van der Waals surface area (Å²) >= 11 is 6.16. The topological polar surface area (TPSA) is 97.1 Å². The molecule has 2 aromatic heterocycles. The third kappa shape index (κ3) is 3.77. The van der Waals surface area contributed by atoms with Crippen molar-refractivity contribution in [3.63, 3.8) is 0 Å². The average Bonchev–Trinajstić information content (AvgIpc) is 3.07. The fraction of sp³-hybridized carbons (Fsp3) is 0.143. The molecule has 0 aliphatic carbocycles. The monoisotopic (exact) mass is 422 g/mol. The quantitative estimate of drug-likeness (QED) is 0.381. The van der Waals surface area contributed by atoms with Crippen molar-refractivity contribution in [3.8, 4) is 0 Å². The Morgan fingerprint density at radius 3 is 2.77 bits per heavy atom. The maximum atomic E-state index is 12.6. The third-order valence-corrected chi connectivity index (χ3v) is 5.05.